The van der Waals surface area contributed by atoms with E-state index in [4.69, 9.17) is 0 Å². The molecule has 0 aromatic heterocycles. The van der Waals surface area contributed by atoms with E-state index >= 15 is 0 Å². The van der Waals surface area contributed by atoms with Crippen LogP contribution in [0.4, 0.5) is 0 Å². The first kappa shape index (κ1) is 27.0. The summed E-state index contributed by atoms with van der Waals surface area (Å²) in [6.07, 6.45) is 6.85. The molecular formula is C12H26CaO6S2. The van der Waals surface area contributed by atoms with Gasteiger partial charge in [-0.25, -0.2) is 16.8 Å². The van der Waals surface area contributed by atoms with Crippen LogP contribution in [0.1, 0.15) is 65.2 Å². The molecule has 0 rings (SSSR count). The third-order valence-electron chi connectivity index (χ3n) is 2.50. The molecule has 0 amide bonds. The zero-order chi connectivity index (χ0) is 16.1. The van der Waals surface area contributed by atoms with E-state index in [0.717, 1.165) is 38.5 Å². The molecule has 9 heteroatoms. The molecule has 0 saturated carbocycles. The van der Waals surface area contributed by atoms with Crippen molar-refractivity contribution in [2.45, 2.75) is 65.2 Å². The van der Waals surface area contributed by atoms with Gasteiger partial charge in [0, 0.05) is 11.5 Å². The minimum atomic E-state index is -3.95. The molecule has 0 fully saturated rings. The molecule has 0 aromatic rings. The predicted molar refractivity (Wildman–Crippen MR) is 83.2 cm³/mol. The first-order chi connectivity index (χ1) is 9.12. The summed E-state index contributed by atoms with van der Waals surface area (Å²) in [6, 6.07) is 0. The number of unbranched alkanes of at least 4 members (excludes halogenated alkanes) is 6. The predicted octanol–water partition coefficient (Wildman–Crippen LogP) is 1.84. The van der Waals surface area contributed by atoms with Crippen molar-refractivity contribution in [3.05, 3.63) is 0 Å². The van der Waals surface area contributed by atoms with Gasteiger partial charge in [-0.15, -0.1) is 0 Å². The molecule has 0 bridgehead atoms. The Morgan fingerprint density at radius 3 is 1.10 bits per heavy atom. The van der Waals surface area contributed by atoms with Crippen molar-refractivity contribution in [1.82, 2.24) is 0 Å². The van der Waals surface area contributed by atoms with Crippen molar-refractivity contribution >= 4 is 58.0 Å². The van der Waals surface area contributed by atoms with Crippen LogP contribution in [0.3, 0.4) is 0 Å². The smallest absolute Gasteiger partial charge is 0.748 e. The Hall–Kier alpha value is 1.08. The van der Waals surface area contributed by atoms with Crippen LogP contribution in [0.25, 0.3) is 0 Å². The van der Waals surface area contributed by atoms with E-state index in [1.807, 2.05) is 13.8 Å². The Morgan fingerprint density at radius 2 is 0.905 bits per heavy atom. The molecule has 0 aliphatic rings. The standard InChI is InChI=1S/2C6H14O3S.Ca/c2*1-2-3-4-5-6-10(7,8)9;/h2*2-6H2,1H3,(H,7,8,9);/q;;+2/p-2. The van der Waals surface area contributed by atoms with Gasteiger partial charge in [0.15, 0.2) is 0 Å². The first-order valence-corrected chi connectivity index (χ1v) is 10.1. The Bertz CT molecular complexity index is 365. The SMILES string of the molecule is CCCCCCS(=O)(=O)[O-].CCCCCCS(=O)(=O)[O-].[Ca+2]. The molecule has 0 radical (unpaired) electrons. The van der Waals surface area contributed by atoms with E-state index in [9.17, 15) is 25.9 Å². The second kappa shape index (κ2) is 16.0. The summed E-state index contributed by atoms with van der Waals surface area (Å²) in [5, 5.41) is 0. The largest absolute Gasteiger partial charge is 2.00 e. The molecule has 0 aromatic carbocycles. The van der Waals surface area contributed by atoms with E-state index in [1.165, 1.54) is 0 Å². The zero-order valence-corrected chi connectivity index (χ0v) is 16.9. The van der Waals surface area contributed by atoms with Crippen molar-refractivity contribution in [3.63, 3.8) is 0 Å². The van der Waals surface area contributed by atoms with E-state index in [2.05, 4.69) is 0 Å². The average molecular weight is 371 g/mol. The van der Waals surface area contributed by atoms with Crippen LogP contribution in [0.5, 0.6) is 0 Å². The van der Waals surface area contributed by atoms with Crippen LogP contribution in [0.15, 0.2) is 0 Å². The van der Waals surface area contributed by atoms with Crippen molar-refractivity contribution in [1.29, 1.82) is 0 Å². The second-order valence-electron chi connectivity index (χ2n) is 4.64. The van der Waals surface area contributed by atoms with Gasteiger partial charge in [0.1, 0.15) is 0 Å². The van der Waals surface area contributed by atoms with Gasteiger partial charge in [-0.1, -0.05) is 52.4 Å². The molecule has 124 valence electrons. The Labute approximate surface area is 159 Å². The molecule has 0 N–H and O–H groups in total. The number of hydrogen-bond acceptors (Lipinski definition) is 6. The quantitative estimate of drug-likeness (QED) is 0.329. The van der Waals surface area contributed by atoms with Crippen LogP contribution in [-0.4, -0.2) is 75.2 Å². The summed E-state index contributed by atoms with van der Waals surface area (Å²) in [5.74, 6) is -0.403. The van der Waals surface area contributed by atoms with Crippen LogP contribution >= 0.6 is 0 Å². The van der Waals surface area contributed by atoms with Gasteiger partial charge in [-0.3, -0.25) is 0 Å². The van der Waals surface area contributed by atoms with Gasteiger partial charge >= 0.3 is 37.7 Å². The van der Waals surface area contributed by atoms with Crippen molar-refractivity contribution in [2.24, 2.45) is 0 Å². The summed E-state index contributed by atoms with van der Waals surface area (Å²) in [7, 11) is -7.91. The molecule has 21 heavy (non-hydrogen) atoms. The third-order valence-corrected chi connectivity index (χ3v) is 4.07. The van der Waals surface area contributed by atoms with E-state index < -0.39 is 20.2 Å². The van der Waals surface area contributed by atoms with Crippen molar-refractivity contribution < 1.29 is 25.9 Å². The van der Waals surface area contributed by atoms with Gasteiger partial charge in [-0.05, 0) is 12.8 Å². The minimum Gasteiger partial charge on any atom is -0.748 e. The van der Waals surface area contributed by atoms with Gasteiger partial charge in [0.2, 0.25) is 0 Å². The zero-order valence-electron chi connectivity index (χ0n) is 13.0. The van der Waals surface area contributed by atoms with Crippen LogP contribution in [0.2, 0.25) is 0 Å². The maximum absolute atomic E-state index is 10.0. The molecule has 0 atom stereocenters. The Balaban J connectivity index is -0.000000295. The topological polar surface area (TPSA) is 114 Å². The monoisotopic (exact) mass is 370 g/mol. The molecule has 0 saturated heterocycles. The maximum atomic E-state index is 10.0. The Kier molecular flexibility index (Phi) is 20.5. The summed E-state index contributed by atoms with van der Waals surface area (Å²) >= 11 is 0. The third kappa shape index (κ3) is 33.7. The maximum Gasteiger partial charge on any atom is 2.00 e. The van der Waals surface area contributed by atoms with Gasteiger partial charge in [0.05, 0.1) is 20.2 Å². The summed E-state index contributed by atoms with van der Waals surface area (Å²) in [5.41, 5.74) is 0. The normalized spacial score (nSPS) is 11.2. The fraction of sp³-hybridized carbons (Fsp3) is 1.00. The summed E-state index contributed by atoms with van der Waals surface area (Å²) < 4.78 is 60.2. The van der Waals surface area contributed by atoms with E-state index in [1.54, 1.807) is 0 Å². The van der Waals surface area contributed by atoms with Gasteiger partial charge in [-0.2, -0.15) is 0 Å². The summed E-state index contributed by atoms with van der Waals surface area (Å²) in [4.78, 5) is 0. The van der Waals surface area contributed by atoms with Crippen LogP contribution in [0, 0.1) is 0 Å². The van der Waals surface area contributed by atoms with Crippen LogP contribution in [-0.2, 0) is 20.2 Å². The first-order valence-electron chi connectivity index (χ1n) is 6.99. The fourth-order valence-electron chi connectivity index (χ4n) is 1.41. The molecule has 0 spiro atoms. The summed E-state index contributed by atoms with van der Waals surface area (Å²) in [6.45, 7) is 4.07. The molecule has 0 aliphatic heterocycles. The molecular weight excluding hydrogens is 344 g/mol. The molecule has 0 aliphatic carbocycles. The fourth-order valence-corrected chi connectivity index (χ4v) is 2.53. The van der Waals surface area contributed by atoms with Crippen molar-refractivity contribution in [2.75, 3.05) is 11.5 Å². The molecule has 6 nitrogen and oxygen atoms in total. The van der Waals surface area contributed by atoms with Gasteiger partial charge < -0.3 is 9.11 Å². The number of hydrogen-bond donors (Lipinski definition) is 0. The van der Waals surface area contributed by atoms with Crippen LogP contribution < -0.4 is 0 Å². The molecule has 0 unspecified atom stereocenters. The minimum absolute atomic E-state index is 0. The number of rotatable bonds is 10. The molecule has 0 heterocycles. The van der Waals surface area contributed by atoms with Crippen molar-refractivity contribution in [3.8, 4) is 0 Å². The Morgan fingerprint density at radius 1 is 0.619 bits per heavy atom. The van der Waals surface area contributed by atoms with E-state index in [-0.39, 0.29) is 49.2 Å². The van der Waals surface area contributed by atoms with Gasteiger partial charge in [0.25, 0.3) is 0 Å². The average Bonchev–Trinajstić information content (AvgIpc) is 2.29. The van der Waals surface area contributed by atoms with E-state index in [0.29, 0.717) is 12.8 Å². The second-order valence-corrected chi connectivity index (χ2v) is 7.69.